The average Bonchev–Trinajstić information content (AvgIpc) is 3.62. The van der Waals surface area contributed by atoms with Crippen LogP contribution in [0.5, 0.6) is 0 Å². The number of aromatic nitrogens is 2. The van der Waals surface area contributed by atoms with Gasteiger partial charge in [-0.15, -0.1) is 0 Å². The van der Waals surface area contributed by atoms with Gasteiger partial charge in [0.25, 0.3) is 0 Å². The molecule has 258 valence electrons. The molecule has 8 aromatic rings. The third-order valence-electron chi connectivity index (χ3n) is 9.23. The molecule has 0 fully saturated rings. The minimum Gasteiger partial charge on any atom is -0.309 e. The van der Waals surface area contributed by atoms with E-state index in [1.165, 1.54) is 36.4 Å². The standard InChI is InChI=1S/C40H20F9N3/c41-38(42,43)23-12-15-34-29(18-23)26-7-1-3-10-32(26)51(34)35-16-13-25(40(47,48)49)20-31(35)28-9-5-6-22(21-50)37(28)52-33-11-4-2-8-27(33)30-19-24(39(44,45)46)14-17-36(30)52/h1-20H. The van der Waals surface area contributed by atoms with E-state index in [-0.39, 0.29) is 49.9 Å². The Balaban J connectivity index is 1.51. The maximum atomic E-state index is 14.4. The van der Waals surface area contributed by atoms with Crippen LogP contribution in [-0.4, -0.2) is 9.13 Å². The lowest BCUT2D eigenvalue weighted by Crippen LogP contribution is -2.08. The monoisotopic (exact) mass is 713 g/mol. The summed E-state index contributed by atoms with van der Waals surface area (Å²) < 4.78 is 130. The highest BCUT2D eigenvalue weighted by atomic mass is 19.4. The zero-order valence-electron chi connectivity index (χ0n) is 26.3. The van der Waals surface area contributed by atoms with Crippen molar-refractivity contribution in [1.82, 2.24) is 9.13 Å². The van der Waals surface area contributed by atoms with Crippen LogP contribution in [0.15, 0.2) is 121 Å². The number of rotatable bonds is 3. The van der Waals surface area contributed by atoms with Crippen LogP contribution >= 0.6 is 0 Å². The number of hydrogen-bond donors (Lipinski definition) is 0. The Morgan fingerprint density at radius 1 is 0.423 bits per heavy atom. The van der Waals surface area contributed by atoms with Crippen LogP contribution in [0.2, 0.25) is 0 Å². The minimum absolute atomic E-state index is 0.0143. The number of nitrogens with zero attached hydrogens (tertiary/aromatic N) is 3. The second-order valence-electron chi connectivity index (χ2n) is 12.2. The molecular formula is C40H20F9N3. The summed E-state index contributed by atoms with van der Waals surface area (Å²) in [5, 5.41) is 11.7. The van der Waals surface area contributed by atoms with Crippen molar-refractivity contribution in [1.29, 1.82) is 5.26 Å². The van der Waals surface area contributed by atoms with Crippen LogP contribution in [0.25, 0.3) is 66.1 Å². The average molecular weight is 714 g/mol. The number of hydrogen-bond acceptors (Lipinski definition) is 1. The van der Waals surface area contributed by atoms with Crippen molar-refractivity contribution in [2.75, 3.05) is 0 Å². The van der Waals surface area contributed by atoms with E-state index < -0.39 is 35.2 Å². The molecule has 0 unspecified atom stereocenters. The van der Waals surface area contributed by atoms with Gasteiger partial charge in [-0.2, -0.15) is 44.8 Å². The zero-order valence-corrected chi connectivity index (χ0v) is 26.3. The summed E-state index contributed by atoms with van der Waals surface area (Å²) in [6.07, 6.45) is -14.1. The van der Waals surface area contributed by atoms with Gasteiger partial charge in [-0.25, -0.2) is 0 Å². The summed E-state index contributed by atoms with van der Waals surface area (Å²) in [7, 11) is 0. The fourth-order valence-electron chi connectivity index (χ4n) is 7.01. The first-order valence-corrected chi connectivity index (χ1v) is 15.6. The van der Waals surface area contributed by atoms with E-state index in [9.17, 15) is 44.8 Å². The molecule has 2 aromatic heterocycles. The van der Waals surface area contributed by atoms with Gasteiger partial charge in [-0.1, -0.05) is 48.5 Å². The smallest absolute Gasteiger partial charge is 0.309 e. The fourth-order valence-corrected chi connectivity index (χ4v) is 7.01. The highest BCUT2D eigenvalue weighted by Crippen LogP contribution is 2.45. The largest absolute Gasteiger partial charge is 0.416 e. The van der Waals surface area contributed by atoms with E-state index in [1.54, 1.807) is 57.7 Å². The molecular weight excluding hydrogens is 693 g/mol. The highest BCUT2D eigenvalue weighted by molar-refractivity contribution is 6.12. The predicted octanol–water partition coefficient (Wildman–Crippen LogP) is 12.5. The van der Waals surface area contributed by atoms with Crippen molar-refractivity contribution in [2.45, 2.75) is 18.5 Å². The summed E-state index contributed by atoms with van der Waals surface area (Å²) in [6.45, 7) is 0. The predicted molar refractivity (Wildman–Crippen MR) is 180 cm³/mol. The number of benzene rings is 6. The van der Waals surface area contributed by atoms with E-state index in [0.717, 1.165) is 36.4 Å². The molecule has 0 aliphatic heterocycles. The lowest BCUT2D eigenvalue weighted by atomic mass is 9.96. The van der Waals surface area contributed by atoms with Crippen LogP contribution in [0.4, 0.5) is 39.5 Å². The first kappa shape index (κ1) is 33.0. The van der Waals surface area contributed by atoms with Gasteiger partial charge in [0.2, 0.25) is 0 Å². The normalized spacial score (nSPS) is 12.7. The molecule has 3 nitrogen and oxygen atoms in total. The van der Waals surface area contributed by atoms with Crippen LogP contribution in [-0.2, 0) is 18.5 Å². The second kappa shape index (κ2) is 11.4. The maximum Gasteiger partial charge on any atom is 0.416 e. The fraction of sp³-hybridized carbons (Fsp3) is 0.0750. The van der Waals surface area contributed by atoms with E-state index in [4.69, 9.17) is 0 Å². The van der Waals surface area contributed by atoms with E-state index >= 15 is 0 Å². The summed E-state index contributed by atoms with van der Waals surface area (Å²) in [6, 6.07) is 29.0. The summed E-state index contributed by atoms with van der Waals surface area (Å²) in [4.78, 5) is 0. The van der Waals surface area contributed by atoms with E-state index in [0.29, 0.717) is 21.8 Å². The van der Waals surface area contributed by atoms with Gasteiger partial charge >= 0.3 is 18.5 Å². The summed E-state index contributed by atoms with van der Waals surface area (Å²) in [5.41, 5.74) is -1.10. The van der Waals surface area contributed by atoms with Gasteiger partial charge in [-0.3, -0.25) is 0 Å². The first-order valence-electron chi connectivity index (χ1n) is 15.6. The third-order valence-corrected chi connectivity index (χ3v) is 9.23. The van der Waals surface area contributed by atoms with Crippen molar-refractivity contribution in [3.05, 3.63) is 144 Å². The number of nitriles is 1. The Hall–Kier alpha value is -6.22. The van der Waals surface area contributed by atoms with Crippen LogP contribution in [0.3, 0.4) is 0 Å². The Kier molecular flexibility index (Phi) is 7.22. The number of halogens is 9. The van der Waals surface area contributed by atoms with Crippen molar-refractivity contribution >= 4 is 43.6 Å². The summed E-state index contributed by atoms with van der Waals surface area (Å²) >= 11 is 0. The lowest BCUT2D eigenvalue weighted by Gasteiger charge is -2.21. The van der Waals surface area contributed by atoms with Gasteiger partial charge < -0.3 is 9.13 Å². The van der Waals surface area contributed by atoms with Crippen molar-refractivity contribution in [2.24, 2.45) is 0 Å². The Labute approximate surface area is 288 Å². The van der Waals surface area contributed by atoms with Crippen LogP contribution in [0.1, 0.15) is 22.3 Å². The molecule has 0 spiro atoms. The third kappa shape index (κ3) is 5.15. The maximum absolute atomic E-state index is 14.4. The molecule has 0 aliphatic rings. The molecule has 8 rings (SSSR count). The van der Waals surface area contributed by atoms with E-state index in [1.807, 2.05) is 0 Å². The number of fused-ring (bicyclic) bond motifs is 6. The zero-order chi connectivity index (χ0) is 36.7. The highest BCUT2D eigenvalue weighted by Gasteiger charge is 2.35. The SMILES string of the molecule is N#Cc1cccc(-c2cc(C(F)(F)F)ccc2-n2c3ccccc3c3cc(C(F)(F)F)ccc32)c1-n1c2ccccc2c2cc(C(F)(F)F)ccc21. The molecule has 0 N–H and O–H groups in total. The molecule has 0 saturated carbocycles. The Bertz CT molecular complexity index is 2770. The molecule has 0 aliphatic carbocycles. The van der Waals surface area contributed by atoms with Crippen LogP contribution in [0, 0.1) is 11.3 Å². The lowest BCUT2D eigenvalue weighted by molar-refractivity contribution is -0.138. The molecule has 52 heavy (non-hydrogen) atoms. The number of para-hydroxylation sites is 3. The molecule has 12 heteroatoms. The Morgan fingerprint density at radius 3 is 1.42 bits per heavy atom. The van der Waals surface area contributed by atoms with Crippen molar-refractivity contribution in [3.63, 3.8) is 0 Å². The molecule has 0 bridgehead atoms. The molecule has 0 amide bonds. The molecule has 6 aromatic carbocycles. The van der Waals surface area contributed by atoms with Crippen molar-refractivity contribution < 1.29 is 39.5 Å². The molecule has 0 radical (unpaired) electrons. The van der Waals surface area contributed by atoms with Gasteiger partial charge in [-0.05, 0) is 72.8 Å². The number of alkyl halides is 9. The van der Waals surface area contributed by atoms with Gasteiger partial charge in [0.1, 0.15) is 6.07 Å². The first-order chi connectivity index (χ1) is 24.7. The van der Waals surface area contributed by atoms with Crippen molar-refractivity contribution in [3.8, 4) is 28.6 Å². The summed E-state index contributed by atoms with van der Waals surface area (Å²) in [5.74, 6) is 0. The van der Waals surface area contributed by atoms with Gasteiger partial charge in [0.05, 0.1) is 55.7 Å². The topological polar surface area (TPSA) is 33.6 Å². The second-order valence-corrected chi connectivity index (χ2v) is 12.2. The molecule has 0 saturated heterocycles. The Morgan fingerprint density at radius 2 is 0.885 bits per heavy atom. The van der Waals surface area contributed by atoms with E-state index in [2.05, 4.69) is 6.07 Å². The van der Waals surface area contributed by atoms with Gasteiger partial charge in [0, 0.05) is 32.7 Å². The quantitative estimate of drug-likeness (QED) is 0.168. The molecule has 2 heterocycles. The molecule has 0 atom stereocenters. The van der Waals surface area contributed by atoms with Gasteiger partial charge in [0.15, 0.2) is 0 Å². The minimum atomic E-state index is -4.82. The van der Waals surface area contributed by atoms with Crippen LogP contribution < -0.4 is 0 Å².